The third kappa shape index (κ3) is 11.6. The number of ether oxygens (including phenoxy) is 4. The topological polar surface area (TPSA) is 144 Å². The van der Waals surface area contributed by atoms with E-state index < -0.39 is 25.5 Å². The molecule has 0 saturated carbocycles. The Morgan fingerprint density at radius 3 is 1.26 bits per heavy atom. The largest absolute Gasteiger partial charge is 0.492 e. The lowest BCUT2D eigenvalue weighted by Gasteiger charge is -2.49. The highest BCUT2D eigenvalue weighted by molar-refractivity contribution is 7.91. The number of hydrogen-bond donors (Lipinski definition) is 0. The lowest BCUT2D eigenvalue weighted by Crippen LogP contribution is -2.59. The van der Waals surface area contributed by atoms with Gasteiger partial charge in [-0.25, -0.2) is 26.8 Å². The van der Waals surface area contributed by atoms with Crippen molar-refractivity contribution in [2.75, 3.05) is 75.1 Å². The van der Waals surface area contributed by atoms with E-state index in [-0.39, 0.29) is 33.4 Å². The molecule has 338 valence electrons. The fraction of sp³-hybridized carbons (Fsp3) is 0.500. The Labute approximate surface area is 370 Å². The second-order valence-corrected chi connectivity index (χ2v) is 19.9. The van der Waals surface area contributed by atoms with Gasteiger partial charge in [-0.05, 0) is 113 Å². The highest BCUT2D eigenvalue weighted by atomic mass is 35.5. The van der Waals surface area contributed by atoms with Crippen molar-refractivity contribution in [1.82, 2.24) is 19.8 Å². The van der Waals surface area contributed by atoms with E-state index in [1.54, 1.807) is 36.4 Å². The van der Waals surface area contributed by atoms with Gasteiger partial charge < -0.3 is 18.9 Å². The molecule has 18 heteroatoms. The van der Waals surface area contributed by atoms with Gasteiger partial charge in [-0.1, -0.05) is 11.6 Å². The highest BCUT2D eigenvalue weighted by Crippen LogP contribution is 2.38. The Kier molecular flexibility index (Phi) is 15.8. The summed E-state index contributed by atoms with van der Waals surface area (Å²) in [5.41, 5.74) is 1.89. The third-order valence-electron chi connectivity index (χ3n) is 10.9. The van der Waals surface area contributed by atoms with Crippen molar-refractivity contribution in [2.24, 2.45) is 0 Å². The van der Waals surface area contributed by atoms with E-state index in [0.717, 1.165) is 49.6 Å². The van der Waals surface area contributed by atoms with Gasteiger partial charge in [-0.15, -0.1) is 0 Å². The molecule has 0 bridgehead atoms. The Morgan fingerprint density at radius 2 is 0.952 bits per heavy atom. The van der Waals surface area contributed by atoms with Gasteiger partial charge in [0, 0.05) is 64.2 Å². The molecule has 6 rings (SSSR count). The first kappa shape index (κ1) is 47.1. The predicted octanol–water partition coefficient (Wildman–Crippen LogP) is 7.23. The Hall–Kier alpha value is -4.42. The van der Waals surface area contributed by atoms with Crippen LogP contribution in [0.3, 0.4) is 0 Å². The number of rotatable bonds is 19. The van der Waals surface area contributed by atoms with Gasteiger partial charge in [0.25, 0.3) is 0 Å². The highest BCUT2D eigenvalue weighted by Gasteiger charge is 2.37. The number of likely N-dealkylation sites (tertiary alicyclic amines) is 2. The second kappa shape index (κ2) is 20.8. The van der Waals surface area contributed by atoms with Gasteiger partial charge in [0.1, 0.15) is 28.2 Å². The van der Waals surface area contributed by atoms with Crippen LogP contribution >= 0.6 is 11.6 Å². The van der Waals surface area contributed by atoms with Crippen LogP contribution in [0.1, 0.15) is 64.5 Å². The van der Waals surface area contributed by atoms with Gasteiger partial charge in [-0.2, -0.15) is 4.39 Å². The Morgan fingerprint density at radius 1 is 0.613 bits per heavy atom. The van der Waals surface area contributed by atoms with Crippen molar-refractivity contribution in [1.29, 1.82) is 0 Å². The average Bonchev–Trinajstić information content (AvgIpc) is 3.24. The summed E-state index contributed by atoms with van der Waals surface area (Å²) >= 11 is 6.61. The van der Waals surface area contributed by atoms with Crippen LogP contribution in [0.5, 0.6) is 23.0 Å². The number of piperidine rings is 2. The van der Waals surface area contributed by atoms with Crippen molar-refractivity contribution in [3.8, 4) is 23.0 Å². The zero-order valence-electron chi connectivity index (χ0n) is 36.3. The third-order valence-corrected chi connectivity index (χ3v) is 13.5. The summed E-state index contributed by atoms with van der Waals surface area (Å²) in [5, 5.41) is 4.72. The first-order valence-electron chi connectivity index (χ1n) is 21.1. The number of hydrogen-bond acceptors (Lipinski definition) is 14. The molecule has 0 N–H and O–H groups in total. The second-order valence-electron chi connectivity index (χ2n) is 15.5. The summed E-state index contributed by atoms with van der Waals surface area (Å²) in [6.07, 6.45) is 7.93. The van der Waals surface area contributed by atoms with Crippen LogP contribution in [-0.4, -0.2) is 114 Å². The molecule has 62 heavy (non-hydrogen) atoms. The van der Waals surface area contributed by atoms with Crippen molar-refractivity contribution >= 4 is 42.9 Å². The van der Waals surface area contributed by atoms with E-state index in [1.807, 2.05) is 39.8 Å². The van der Waals surface area contributed by atoms with Crippen molar-refractivity contribution in [3.05, 3.63) is 82.9 Å². The van der Waals surface area contributed by atoms with E-state index in [1.165, 1.54) is 12.4 Å². The molecule has 4 aromatic rings. The van der Waals surface area contributed by atoms with Crippen molar-refractivity contribution < 1.29 is 40.2 Å². The molecule has 2 aliphatic heterocycles. The summed E-state index contributed by atoms with van der Waals surface area (Å²) in [4.78, 5) is 14.4. The first-order valence-corrected chi connectivity index (χ1v) is 25.3. The number of pyridine rings is 2. The standard InChI is InChI=1S/C44H58ClFN6O8S2/c1-7-57-37-23-31(24-38(43(37)45)58-8-2)29-49-19-15-33(16-20-49)51(41-13-11-35(27-47-41)61(5,53)54)52(42-14-12-36(28-48-42)62(6,55)56)34-17-21-50(22-18-34)30-32-25-39(59-9-3)44(46)40(26-32)60-10-4/h11-14,23-28,33-34H,7-10,15-22,29-30H2,1-6H3. The minimum atomic E-state index is -3.52. The molecule has 0 radical (unpaired) electrons. The molecule has 4 heterocycles. The summed E-state index contributed by atoms with van der Waals surface area (Å²) in [7, 11) is -7.04. The Balaban J connectivity index is 1.31. The molecule has 0 amide bonds. The number of halogens is 2. The maximum atomic E-state index is 15.1. The van der Waals surface area contributed by atoms with Crippen LogP contribution in [0.25, 0.3) is 0 Å². The SMILES string of the molecule is CCOc1cc(CN2CCC(N(c3ccc(S(C)(=O)=O)cn3)N(c3ccc(S(C)(=O)=O)cn3)C3CCN(Cc4cc(OCC)c(Cl)c(OCC)c4)CC3)CC2)cc(OCC)c1F. The number of aromatic nitrogens is 2. The summed E-state index contributed by atoms with van der Waals surface area (Å²) in [6, 6.07) is 13.8. The van der Waals surface area contributed by atoms with E-state index in [2.05, 4.69) is 19.8 Å². The molecule has 2 fully saturated rings. The maximum absolute atomic E-state index is 15.1. The molecule has 0 aliphatic carbocycles. The molecule has 14 nitrogen and oxygen atoms in total. The molecule has 2 saturated heterocycles. The summed E-state index contributed by atoms with van der Waals surface area (Å²) in [5.74, 6) is 2.06. The molecule has 0 unspecified atom stereocenters. The van der Waals surface area contributed by atoms with Gasteiger partial charge in [0.05, 0.1) is 48.3 Å². The molecular weight excluding hydrogens is 859 g/mol. The number of benzene rings is 2. The van der Waals surface area contributed by atoms with Crippen LogP contribution in [0, 0.1) is 5.82 Å². The molecule has 0 spiro atoms. The van der Waals surface area contributed by atoms with Gasteiger partial charge in [0.15, 0.2) is 31.2 Å². The fourth-order valence-electron chi connectivity index (χ4n) is 8.04. The van der Waals surface area contributed by atoms with E-state index in [9.17, 15) is 16.8 Å². The van der Waals surface area contributed by atoms with E-state index in [4.69, 9.17) is 40.5 Å². The summed E-state index contributed by atoms with van der Waals surface area (Å²) in [6.45, 7) is 13.1. The monoisotopic (exact) mass is 916 g/mol. The predicted molar refractivity (Wildman–Crippen MR) is 239 cm³/mol. The summed E-state index contributed by atoms with van der Waals surface area (Å²) < 4.78 is 88.2. The maximum Gasteiger partial charge on any atom is 0.206 e. The molecular formula is C44H58ClFN6O8S2. The number of sulfone groups is 2. The minimum Gasteiger partial charge on any atom is -0.492 e. The van der Waals surface area contributed by atoms with Crippen LogP contribution < -0.4 is 29.0 Å². The molecule has 2 aliphatic rings. The van der Waals surface area contributed by atoms with E-state index in [0.29, 0.717) is 93.6 Å². The zero-order valence-corrected chi connectivity index (χ0v) is 38.7. The Bertz CT molecular complexity index is 2120. The average molecular weight is 918 g/mol. The van der Waals surface area contributed by atoms with Crippen LogP contribution in [0.15, 0.2) is 70.7 Å². The number of nitrogens with zero attached hydrogens (tertiary/aromatic N) is 6. The molecule has 0 atom stereocenters. The molecule has 2 aromatic heterocycles. The van der Waals surface area contributed by atoms with Crippen molar-refractivity contribution in [2.45, 2.75) is 88.3 Å². The number of hydrazine groups is 1. The smallest absolute Gasteiger partial charge is 0.206 e. The van der Waals surface area contributed by atoms with Crippen LogP contribution in [0.4, 0.5) is 16.0 Å². The van der Waals surface area contributed by atoms with E-state index >= 15 is 4.39 Å². The quantitative estimate of drug-likeness (QED) is 0.0873. The van der Waals surface area contributed by atoms with Crippen LogP contribution in [0.2, 0.25) is 5.02 Å². The van der Waals surface area contributed by atoms with Crippen molar-refractivity contribution in [3.63, 3.8) is 0 Å². The lowest BCUT2D eigenvalue weighted by molar-refractivity contribution is 0.182. The minimum absolute atomic E-state index is 0.0892. The molecule has 2 aromatic carbocycles. The lowest BCUT2D eigenvalue weighted by atomic mass is 10.0. The first-order chi connectivity index (χ1) is 29.6. The van der Waals surface area contributed by atoms with Gasteiger partial charge in [0.2, 0.25) is 5.82 Å². The number of anilines is 2. The van der Waals surface area contributed by atoms with Gasteiger partial charge >= 0.3 is 0 Å². The fourth-order valence-corrected chi connectivity index (χ4v) is 9.38. The normalized spacial score (nSPS) is 15.9. The van der Waals surface area contributed by atoms with Crippen LogP contribution in [-0.2, 0) is 32.8 Å². The zero-order chi connectivity index (χ0) is 44.6. The van der Waals surface area contributed by atoms with Gasteiger partial charge in [-0.3, -0.25) is 19.8 Å².